The summed E-state index contributed by atoms with van der Waals surface area (Å²) in [6.45, 7) is -0.606. The average Bonchev–Trinajstić information content (AvgIpc) is 2.34. The third-order valence-corrected chi connectivity index (χ3v) is 3.12. The molecule has 0 fully saturated rings. The van der Waals surface area contributed by atoms with Gasteiger partial charge in [0.15, 0.2) is 0 Å². The molecule has 1 aromatic rings. The summed E-state index contributed by atoms with van der Waals surface area (Å²) >= 11 is 0. The van der Waals surface area contributed by atoms with E-state index in [2.05, 4.69) is 4.72 Å². The van der Waals surface area contributed by atoms with E-state index in [1.54, 1.807) is 0 Å². The number of benzene rings is 1. The molecule has 0 saturated heterocycles. The number of nitrogens with zero attached hydrogens (tertiary/aromatic N) is 1. The van der Waals surface area contributed by atoms with Crippen LogP contribution in [-0.2, 0) is 10.0 Å². The van der Waals surface area contributed by atoms with Gasteiger partial charge in [-0.25, -0.2) is 13.1 Å². The van der Waals surface area contributed by atoms with Crippen molar-refractivity contribution >= 4 is 15.7 Å². The molecule has 2 atom stereocenters. The van der Waals surface area contributed by atoms with Crippen molar-refractivity contribution in [3.8, 4) is 0 Å². The van der Waals surface area contributed by atoms with E-state index in [1.807, 2.05) is 0 Å². The van der Waals surface area contributed by atoms with Crippen molar-refractivity contribution in [2.75, 3.05) is 12.9 Å². The van der Waals surface area contributed by atoms with Gasteiger partial charge in [-0.15, -0.1) is 0 Å². The maximum absolute atomic E-state index is 11.1. The normalized spacial score (nSPS) is 14.9. The number of nitro groups is 1. The third kappa shape index (κ3) is 4.56. The first-order chi connectivity index (χ1) is 8.74. The average molecular weight is 290 g/mol. The number of non-ortho nitro benzene ring substituents is 1. The van der Waals surface area contributed by atoms with Crippen LogP contribution in [0.2, 0.25) is 0 Å². The van der Waals surface area contributed by atoms with Gasteiger partial charge in [-0.3, -0.25) is 10.1 Å². The summed E-state index contributed by atoms with van der Waals surface area (Å²) in [4.78, 5) is 9.88. The summed E-state index contributed by atoms with van der Waals surface area (Å²) in [5.41, 5.74) is 0.119. The molecule has 0 heterocycles. The van der Waals surface area contributed by atoms with Crippen molar-refractivity contribution in [1.82, 2.24) is 4.72 Å². The van der Waals surface area contributed by atoms with Gasteiger partial charge in [-0.05, 0) is 17.7 Å². The van der Waals surface area contributed by atoms with Gasteiger partial charge in [0.2, 0.25) is 10.0 Å². The molecule has 19 heavy (non-hydrogen) atoms. The van der Waals surface area contributed by atoms with Crippen molar-refractivity contribution in [3.63, 3.8) is 0 Å². The lowest BCUT2D eigenvalue weighted by Crippen LogP contribution is -2.41. The molecule has 0 aromatic heterocycles. The van der Waals surface area contributed by atoms with Gasteiger partial charge in [-0.2, -0.15) is 0 Å². The van der Waals surface area contributed by atoms with E-state index in [0.717, 1.165) is 6.26 Å². The first kappa shape index (κ1) is 15.5. The van der Waals surface area contributed by atoms with E-state index in [4.69, 9.17) is 5.11 Å². The minimum atomic E-state index is -3.59. The molecule has 1 rings (SSSR count). The summed E-state index contributed by atoms with van der Waals surface area (Å²) in [6, 6.07) is 3.86. The smallest absolute Gasteiger partial charge is 0.269 e. The largest absolute Gasteiger partial charge is 0.395 e. The van der Waals surface area contributed by atoms with Crippen LogP contribution in [0, 0.1) is 10.1 Å². The fourth-order valence-electron chi connectivity index (χ4n) is 1.50. The quantitative estimate of drug-likeness (QED) is 0.480. The molecule has 0 saturated carbocycles. The summed E-state index contributed by atoms with van der Waals surface area (Å²) in [7, 11) is -3.59. The second kappa shape index (κ2) is 6.06. The van der Waals surface area contributed by atoms with E-state index < -0.39 is 33.7 Å². The van der Waals surface area contributed by atoms with Gasteiger partial charge in [-0.1, -0.05) is 0 Å². The van der Waals surface area contributed by atoms with Crippen molar-refractivity contribution in [3.05, 3.63) is 39.9 Å². The fraction of sp³-hybridized carbons (Fsp3) is 0.400. The van der Waals surface area contributed by atoms with Crippen LogP contribution in [0.25, 0.3) is 0 Å². The Labute approximate surface area is 109 Å². The van der Waals surface area contributed by atoms with E-state index in [0.29, 0.717) is 0 Å². The lowest BCUT2D eigenvalue weighted by atomic mass is 10.0. The van der Waals surface area contributed by atoms with Gasteiger partial charge in [0.1, 0.15) is 0 Å². The Hall–Kier alpha value is -1.55. The molecular weight excluding hydrogens is 276 g/mol. The second-order valence-electron chi connectivity index (χ2n) is 3.97. The summed E-state index contributed by atoms with van der Waals surface area (Å²) in [5, 5.41) is 29.5. The van der Waals surface area contributed by atoms with Gasteiger partial charge in [0, 0.05) is 12.1 Å². The van der Waals surface area contributed by atoms with Crippen LogP contribution in [0.1, 0.15) is 11.7 Å². The van der Waals surface area contributed by atoms with Crippen LogP contribution in [-0.4, -0.2) is 42.5 Å². The Morgan fingerprint density at radius 2 is 1.89 bits per heavy atom. The minimum absolute atomic E-state index is 0.146. The third-order valence-electron chi connectivity index (χ3n) is 2.39. The SMILES string of the molecule is CS(=O)(=O)N[C@@H](CO)[C@H](O)c1ccc([N+](=O)[O-])cc1. The molecule has 106 valence electrons. The predicted octanol–water partition coefficient (Wildman–Crippen LogP) is -0.462. The molecule has 0 spiro atoms. The zero-order valence-electron chi connectivity index (χ0n) is 10.1. The molecule has 0 aliphatic rings. The molecular formula is C10H14N2O6S. The number of hydrogen-bond donors (Lipinski definition) is 3. The molecule has 0 bridgehead atoms. The highest BCUT2D eigenvalue weighted by Gasteiger charge is 2.23. The van der Waals surface area contributed by atoms with Crippen LogP contribution in [0.4, 0.5) is 5.69 Å². The van der Waals surface area contributed by atoms with Gasteiger partial charge in [0.25, 0.3) is 5.69 Å². The standard InChI is InChI=1S/C10H14N2O6S/c1-19(17,18)11-9(6-13)10(14)7-2-4-8(5-3-7)12(15)16/h2-5,9-11,13-14H,6H2,1H3/t9-,10+/m0/s1. The van der Waals surface area contributed by atoms with Crippen LogP contribution in [0.3, 0.4) is 0 Å². The highest BCUT2D eigenvalue weighted by molar-refractivity contribution is 7.88. The van der Waals surface area contributed by atoms with E-state index in [-0.39, 0.29) is 11.3 Å². The monoisotopic (exact) mass is 290 g/mol. The topological polar surface area (TPSA) is 130 Å². The van der Waals surface area contributed by atoms with Crippen molar-refractivity contribution in [2.24, 2.45) is 0 Å². The molecule has 0 aliphatic heterocycles. The first-order valence-electron chi connectivity index (χ1n) is 5.25. The lowest BCUT2D eigenvalue weighted by molar-refractivity contribution is -0.384. The van der Waals surface area contributed by atoms with Crippen LogP contribution in [0.15, 0.2) is 24.3 Å². The van der Waals surface area contributed by atoms with Gasteiger partial charge in [0.05, 0.1) is 29.9 Å². The lowest BCUT2D eigenvalue weighted by Gasteiger charge is -2.21. The predicted molar refractivity (Wildman–Crippen MR) is 66.9 cm³/mol. The Kier molecular flexibility index (Phi) is 4.95. The Morgan fingerprint density at radius 1 is 1.37 bits per heavy atom. The Bertz CT molecular complexity index is 542. The Balaban J connectivity index is 2.91. The summed E-state index contributed by atoms with van der Waals surface area (Å²) in [5.74, 6) is 0. The fourth-order valence-corrected chi connectivity index (χ4v) is 2.26. The van der Waals surface area contributed by atoms with Gasteiger partial charge < -0.3 is 10.2 Å². The number of rotatable bonds is 6. The van der Waals surface area contributed by atoms with Crippen LogP contribution in [0.5, 0.6) is 0 Å². The number of nitrogens with one attached hydrogen (secondary N) is 1. The highest BCUT2D eigenvalue weighted by atomic mass is 32.2. The molecule has 9 heteroatoms. The summed E-state index contributed by atoms with van der Waals surface area (Å²) < 4.78 is 24.2. The number of nitro benzene ring substituents is 1. The zero-order valence-corrected chi connectivity index (χ0v) is 10.9. The molecule has 0 unspecified atom stereocenters. The van der Waals surface area contributed by atoms with Crippen molar-refractivity contribution < 1.29 is 23.6 Å². The summed E-state index contributed by atoms with van der Waals surface area (Å²) in [6.07, 6.45) is -0.404. The van der Waals surface area contributed by atoms with Crippen molar-refractivity contribution in [2.45, 2.75) is 12.1 Å². The molecule has 0 amide bonds. The Morgan fingerprint density at radius 3 is 2.26 bits per heavy atom. The molecule has 0 radical (unpaired) electrons. The van der Waals surface area contributed by atoms with E-state index in [1.165, 1.54) is 24.3 Å². The number of hydrogen-bond acceptors (Lipinski definition) is 6. The highest BCUT2D eigenvalue weighted by Crippen LogP contribution is 2.20. The second-order valence-corrected chi connectivity index (χ2v) is 5.75. The molecule has 8 nitrogen and oxygen atoms in total. The molecule has 1 aromatic carbocycles. The van der Waals surface area contributed by atoms with Crippen molar-refractivity contribution in [1.29, 1.82) is 0 Å². The maximum Gasteiger partial charge on any atom is 0.269 e. The van der Waals surface area contributed by atoms with E-state index >= 15 is 0 Å². The number of aliphatic hydroxyl groups is 2. The van der Waals surface area contributed by atoms with Gasteiger partial charge >= 0.3 is 0 Å². The maximum atomic E-state index is 11.1. The first-order valence-corrected chi connectivity index (χ1v) is 7.14. The molecule has 0 aliphatic carbocycles. The number of sulfonamides is 1. The van der Waals surface area contributed by atoms with Crippen LogP contribution < -0.4 is 4.72 Å². The minimum Gasteiger partial charge on any atom is -0.395 e. The van der Waals surface area contributed by atoms with Crippen LogP contribution >= 0.6 is 0 Å². The zero-order chi connectivity index (χ0) is 14.6. The molecule has 3 N–H and O–H groups in total. The van der Waals surface area contributed by atoms with E-state index in [9.17, 15) is 23.6 Å². The number of aliphatic hydroxyl groups excluding tert-OH is 2.